The fraction of sp³-hybridized carbons (Fsp3) is 0.500. The van der Waals surface area contributed by atoms with Crippen LogP contribution in [0.25, 0.3) is 0 Å². The van der Waals surface area contributed by atoms with Gasteiger partial charge in [0.25, 0.3) is 5.69 Å². The highest BCUT2D eigenvalue weighted by molar-refractivity contribution is 5.66. The number of ether oxygens (including phenoxy) is 1. The van der Waals surface area contributed by atoms with Crippen molar-refractivity contribution in [2.24, 2.45) is 5.73 Å². The monoisotopic (exact) mass is 290 g/mol. The number of methoxy groups -OCH3 is 1. The Hall–Kier alpha value is -2.17. The van der Waals surface area contributed by atoms with Crippen molar-refractivity contribution < 1.29 is 9.66 Å². The SMILES string of the molecule is COC1CCN(c2cc(C#N)ccc2[N+](=O)[O-])C(CN)C1. The molecule has 1 saturated heterocycles. The lowest BCUT2D eigenvalue weighted by Gasteiger charge is -2.39. The third kappa shape index (κ3) is 3.12. The predicted molar refractivity (Wildman–Crippen MR) is 78.0 cm³/mol. The van der Waals surface area contributed by atoms with Gasteiger partial charge in [-0.1, -0.05) is 0 Å². The predicted octanol–water partition coefficient (Wildman–Crippen LogP) is 1.41. The molecule has 7 heteroatoms. The molecule has 1 fully saturated rings. The van der Waals surface area contributed by atoms with Crippen LogP contribution in [0.1, 0.15) is 18.4 Å². The first-order chi connectivity index (χ1) is 10.1. The number of anilines is 1. The zero-order valence-corrected chi connectivity index (χ0v) is 11.9. The average molecular weight is 290 g/mol. The van der Waals surface area contributed by atoms with Crippen LogP contribution in [0.5, 0.6) is 0 Å². The van der Waals surface area contributed by atoms with Crippen molar-refractivity contribution >= 4 is 11.4 Å². The highest BCUT2D eigenvalue weighted by Crippen LogP contribution is 2.34. The molecule has 1 aromatic carbocycles. The van der Waals surface area contributed by atoms with E-state index in [0.717, 1.165) is 12.8 Å². The molecular weight excluding hydrogens is 272 g/mol. The van der Waals surface area contributed by atoms with Gasteiger partial charge in [-0.3, -0.25) is 10.1 Å². The van der Waals surface area contributed by atoms with Crippen molar-refractivity contribution in [3.8, 4) is 6.07 Å². The molecule has 0 aliphatic carbocycles. The van der Waals surface area contributed by atoms with E-state index in [0.29, 0.717) is 24.3 Å². The minimum atomic E-state index is -0.424. The molecule has 2 N–H and O–H groups in total. The van der Waals surface area contributed by atoms with E-state index in [1.54, 1.807) is 13.2 Å². The summed E-state index contributed by atoms with van der Waals surface area (Å²) in [6, 6.07) is 6.39. The lowest BCUT2D eigenvalue weighted by atomic mass is 9.97. The summed E-state index contributed by atoms with van der Waals surface area (Å²) in [6.07, 6.45) is 1.62. The van der Waals surface area contributed by atoms with E-state index in [4.69, 9.17) is 15.7 Å². The van der Waals surface area contributed by atoms with Crippen LogP contribution < -0.4 is 10.6 Å². The number of nitriles is 1. The van der Waals surface area contributed by atoms with Crippen LogP contribution in [0.4, 0.5) is 11.4 Å². The Morgan fingerprint density at radius 3 is 2.95 bits per heavy atom. The number of hydrogen-bond acceptors (Lipinski definition) is 6. The maximum Gasteiger partial charge on any atom is 0.292 e. The number of nitrogens with zero attached hydrogens (tertiary/aromatic N) is 3. The van der Waals surface area contributed by atoms with Gasteiger partial charge in [-0.15, -0.1) is 0 Å². The fourth-order valence-electron chi connectivity index (χ4n) is 2.75. The summed E-state index contributed by atoms with van der Waals surface area (Å²) in [5, 5.41) is 20.2. The minimum Gasteiger partial charge on any atom is -0.381 e. The van der Waals surface area contributed by atoms with Gasteiger partial charge in [0.2, 0.25) is 0 Å². The summed E-state index contributed by atoms with van der Waals surface area (Å²) in [6.45, 7) is 1.00. The number of nitrogens with two attached hydrogens (primary N) is 1. The van der Waals surface area contributed by atoms with Crippen LogP contribution in [0, 0.1) is 21.4 Å². The molecular formula is C14H18N4O3. The first-order valence-electron chi connectivity index (χ1n) is 6.78. The van der Waals surface area contributed by atoms with Gasteiger partial charge >= 0.3 is 0 Å². The van der Waals surface area contributed by atoms with Gasteiger partial charge in [-0.05, 0) is 25.0 Å². The summed E-state index contributed by atoms with van der Waals surface area (Å²) < 4.78 is 5.36. The molecule has 0 saturated carbocycles. The van der Waals surface area contributed by atoms with Gasteiger partial charge in [0, 0.05) is 32.3 Å². The van der Waals surface area contributed by atoms with E-state index in [1.165, 1.54) is 12.1 Å². The molecule has 0 aromatic heterocycles. The third-order valence-electron chi connectivity index (χ3n) is 3.88. The molecule has 0 spiro atoms. The summed E-state index contributed by atoms with van der Waals surface area (Å²) in [5.41, 5.74) is 6.68. The van der Waals surface area contributed by atoms with Crippen molar-refractivity contribution in [2.75, 3.05) is 25.1 Å². The maximum atomic E-state index is 11.2. The van der Waals surface area contributed by atoms with Crippen molar-refractivity contribution in [3.63, 3.8) is 0 Å². The largest absolute Gasteiger partial charge is 0.381 e. The minimum absolute atomic E-state index is 0.00307. The zero-order valence-electron chi connectivity index (χ0n) is 11.9. The molecule has 0 amide bonds. The smallest absolute Gasteiger partial charge is 0.292 e. The molecule has 1 aliphatic heterocycles. The molecule has 1 aromatic rings. The summed E-state index contributed by atoms with van der Waals surface area (Å²) >= 11 is 0. The van der Waals surface area contributed by atoms with E-state index in [-0.39, 0.29) is 17.8 Å². The van der Waals surface area contributed by atoms with Crippen molar-refractivity contribution in [1.82, 2.24) is 0 Å². The molecule has 2 atom stereocenters. The molecule has 2 rings (SSSR count). The lowest BCUT2D eigenvalue weighted by molar-refractivity contribution is -0.384. The number of benzene rings is 1. The summed E-state index contributed by atoms with van der Waals surface area (Å²) in [7, 11) is 1.66. The number of nitro groups is 1. The second-order valence-electron chi connectivity index (χ2n) is 5.04. The quantitative estimate of drug-likeness (QED) is 0.664. The average Bonchev–Trinajstić information content (AvgIpc) is 2.53. The van der Waals surface area contributed by atoms with Crippen LogP contribution in [0.2, 0.25) is 0 Å². The molecule has 112 valence electrons. The van der Waals surface area contributed by atoms with E-state index < -0.39 is 4.92 Å². The Balaban J connectivity index is 2.39. The maximum absolute atomic E-state index is 11.2. The van der Waals surface area contributed by atoms with Crippen LogP contribution in [-0.4, -0.2) is 37.3 Å². The standard InChI is InChI=1S/C14H18N4O3/c1-21-12-4-5-17(11(7-12)9-16)14-6-10(8-15)2-3-13(14)18(19)20/h2-3,6,11-12H,4-5,7,9,16H2,1H3. The molecule has 0 bridgehead atoms. The summed E-state index contributed by atoms with van der Waals surface area (Å²) in [4.78, 5) is 12.7. The molecule has 0 radical (unpaired) electrons. The molecule has 1 heterocycles. The second-order valence-corrected chi connectivity index (χ2v) is 5.04. The molecule has 21 heavy (non-hydrogen) atoms. The van der Waals surface area contributed by atoms with Crippen LogP contribution in [0.15, 0.2) is 18.2 Å². The van der Waals surface area contributed by atoms with Crippen molar-refractivity contribution in [1.29, 1.82) is 5.26 Å². The number of piperidine rings is 1. The van der Waals surface area contributed by atoms with Crippen molar-refractivity contribution in [2.45, 2.75) is 25.0 Å². The molecule has 2 unspecified atom stereocenters. The van der Waals surface area contributed by atoms with E-state index >= 15 is 0 Å². The number of rotatable bonds is 4. The van der Waals surface area contributed by atoms with E-state index in [2.05, 4.69) is 0 Å². The number of nitro benzene ring substituents is 1. The first-order valence-corrected chi connectivity index (χ1v) is 6.78. The van der Waals surface area contributed by atoms with Gasteiger partial charge in [-0.25, -0.2) is 0 Å². The van der Waals surface area contributed by atoms with Gasteiger partial charge in [0.1, 0.15) is 5.69 Å². The van der Waals surface area contributed by atoms with Crippen LogP contribution in [-0.2, 0) is 4.74 Å². The second kappa shape index (κ2) is 6.52. The Morgan fingerprint density at radius 2 is 2.38 bits per heavy atom. The first kappa shape index (κ1) is 15.2. The van der Waals surface area contributed by atoms with Gasteiger partial charge in [0.15, 0.2) is 0 Å². The van der Waals surface area contributed by atoms with Gasteiger partial charge in [0.05, 0.1) is 22.7 Å². The Labute approximate surface area is 123 Å². The molecule has 7 nitrogen and oxygen atoms in total. The summed E-state index contributed by atoms with van der Waals surface area (Å²) in [5.74, 6) is 0. The Kier molecular flexibility index (Phi) is 4.73. The Bertz CT molecular complexity index is 570. The third-order valence-corrected chi connectivity index (χ3v) is 3.88. The van der Waals surface area contributed by atoms with Crippen molar-refractivity contribution in [3.05, 3.63) is 33.9 Å². The van der Waals surface area contributed by atoms with Crippen LogP contribution >= 0.6 is 0 Å². The number of hydrogen-bond donors (Lipinski definition) is 1. The van der Waals surface area contributed by atoms with E-state index in [9.17, 15) is 10.1 Å². The molecule has 1 aliphatic rings. The van der Waals surface area contributed by atoms with Gasteiger partial charge in [-0.2, -0.15) is 5.26 Å². The lowest BCUT2D eigenvalue weighted by Crippen LogP contribution is -2.48. The topological polar surface area (TPSA) is 105 Å². The fourth-order valence-corrected chi connectivity index (χ4v) is 2.75. The Morgan fingerprint density at radius 1 is 1.62 bits per heavy atom. The zero-order chi connectivity index (χ0) is 15.4. The normalized spacial score (nSPS) is 21.9. The van der Waals surface area contributed by atoms with Gasteiger partial charge < -0.3 is 15.4 Å². The van der Waals surface area contributed by atoms with E-state index in [1.807, 2.05) is 11.0 Å². The van der Waals surface area contributed by atoms with Crippen LogP contribution in [0.3, 0.4) is 0 Å². The highest BCUT2D eigenvalue weighted by atomic mass is 16.6. The highest BCUT2D eigenvalue weighted by Gasteiger charge is 2.31.